The molecule has 1 aromatic heterocycles. The van der Waals surface area contributed by atoms with E-state index in [1.54, 1.807) is 10.9 Å². The minimum Gasteiger partial charge on any atom is -0.345 e. The van der Waals surface area contributed by atoms with Crippen LogP contribution in [0.5, 0.6) is 0 Å². The molecular formula is C15H15ClN4O3. The third-order valence-electron chi connectivity index (χ3n) is 4.08. The summed E-state index contributed by atoms with van der Waals surface area (Å²) in [6, 6.07) is 3.85. The van der Waals surface area contributed by atoms with Gasteiger partial charge in [0.2, 0.25) is 0 Å². The van der Waals surface area contributed by atoms with Crippen LogP contribution in [0.3, 0.4) is 0 Å². The highest BCUT2D eigenvalue weighted by molar-refractivity contribution is 6.31. The van der Waals surface area contributed by atoms with Crippen molar-refractivity contribution < 1.29 is 9.72 Å². The normalized spacial score (nSPS) is 16.7. The number of fused-ring (bicyclic) bond motifs is 1. The lowest BCUT2D eigenvalue weighted by molar-refractivity contribution is -0.385. The van der Waals surface area contributed by atoms with Gasteiger partial charge in [0.05, 0.1) is 17.2 Å². The third kappa shape index (κ3) is 2.92. The fourth-order valence-corrected chi connectivity index (χ4v) is 3.11. The largest absolute Gasteiger partial charge is 0.345 e. The molecule has 1 heterocycles. The number of halogens is 1. The van der Waals surface area contributed by atoms with E-state index in [1.165, 1.54) is 18.2 Å². The monoisotopic (exact) mass is 334 g/mol. The van der Waals surface area contributed by atoms with Gasteiger partial charge in [-0.05, 0) is 31.4 Å². The predicted octanol–water partition coefficient (Wildman–Crippen LogP) is 2.79. The summed E-state index contributed by atoms with van der Waals surface area (Å²) in [5.41, 5.74) is 1.78. The average molecular weight is 335 g/mol. The van der Waals surface area contributed by atoms with Crippen LogP contribution in [0.2, 0.25) is 5.02 Å². The van der Waals surface area contributed by atoms with Crippen LogP contribution in [0.25, 0.3) is 0 Å². The number of hydrogen-bond acceptors (Lipinski definition) is 4. The van der Waals surface area contributed by atoms with Gasteiger partial charge in [-0.2, -0.15) is 5.10 Å². The van der Waals surface area contributed by atoms with Crippen LogP contribution in [-0.2, 0) is 13.5 Å². The number of aromatic nitrogens is 2. The molecule has 0 bridgehead atoms. The van der Waals surface area contributed by atoms with Gasteiger partial charge in [0, 0.05) is 29.4 Å². The second-order valence-electron chi connectivity index (χ2n) is 5.51. The van der Waals surface area contributed by atoms with Crippen molar-refractivity contribution in [3.05, 3.63) is 56.4 Å². The number of rotatable bonds is 3. The summed E-state index contributed by atoms with van der Waals surface area (Å²) in [7, 11) is 1.87. The summed E-state index contributed by atoms with van der Waals surface area (Å²) >= 11 is 5.78. The van der Waals surface area contributed by atoms with Crippen LogP contribution in [0, 0.1) is 10.1 Å². The maximum absolute atomic E-state index is 12.5. The Kier molecular flexibility index (Phi) is 4.04. The topological polar surface area (TPSA) is 90.1 Å². The van der Waals surface area contributed by atoms with E-state index in [0.29, 0.717) is 0 Å². The molecule has 23 heavy (non-hydrogen) atoms. The van der Waals surface area contributed by atoms with Crippen LogP contribution in [-0.4, -0.2) is 20.6 Å². The van der Waals surface area contributed by atoms with Gasteiger partial charge >= 0.3 is 0 Å². The Morgan fingerprint density at radius 1 is 1.52 bits per heavy atom. The summed E-state index contributed by atoms with van der Waals surface area (Å²) in [6.07, 6.45) is 4.38. The van der Waals surface area contributed by atoms with Crippen molar-refractivity contribution in [2.45, 2.75) is 25.3 Å². The molecule has 1 amide bonds. The maximum atomic E-state index is 12.5. The number of amides is 1. The first-order chi connectivity index (χ1) is 11.0. The molecule has 1 aliphatic rings. The molecule has 7 nitrogen and oxygen atoms in total. The molecule has 0 saturated carbocycles. The molecule has 0 aliphatic heterocycles. The first-order valence-electron chi connectivity index (χ1n) is 7.23. The number of benzene rings is 1. The number of carbonyl (C=O) groups excluding carboxylic acids is 1. The zero-order valence-corrected chi connectivity index (χ0v) is 13.2. The van der Waals surface area contributed by atoms with Crippen molar-refractivity contribution in [3.8, 4) is 0 Å². The van der Waals surface area contributed by atoms with Crippen molar-refractivity contribution in [1.82, 2.24) is 15.1 Å². The molecule has 8 heteroatoms. The lowest BCUT2D eigenvalue weighted by atomic mass is 9.92. The zero-order valence-electron chi connectivity index (χ0n) is 12.5. The quantitative estimate of drug-likeness (QED) is 0.690. The van der Waals surface area contributed by atoms with Crippen LogP contribution < -0.4 is 5.32 Å². The number of nitro groups is 1. The maximum Gasteiger partial charge on any atom is 0.283 e. The molecule has 120 valence electrons. The van der Waals surface area contributed by atoms with Crippen molar-refractivity contribution in [2.75, 3.05) is 0 Å². The highest BCUT2D eigenvalue weighted by Gasteiger charge is 2.27. The minimum atomic E-state index is -0.600. The molecule has 2 aromatic rings. The standard InChI is InChI=1S/C15H15ClN4O3/c1-19-13-4-2-3-12(11(13)8-17-19)18-15(21)10-6-5-9(16)7-14(10)20(22)23/h5-8,12H,2-4H2,1H3,(H,18,21). The first-order valence-corrected chi connectivity index (χ1v) is 7.60. The lowest BCUT2D eigenvalue weighted by Crippen LogP contribution is -2.31. The van der Waals surface area contributed by atoms with Gasteiger partial charge in [0.1, 0.15) is 5.56 Å². The Balaban J connectivity index is 1.88. The molecule has 0 radical (unpaired) electrons. The van der Waals surface area contributed by atoms with Crippen molar-refractivity contribution >= 4 is 23.2 Å². The molecule has 1 atom stereocenters. The predicted molar refractivity (Wildman–Crippen MR) is 84.5 cm³/mol. The Bertz CT molecular complexity index is 787. The average Bonchev–Trinajstić information content (AvgIpc) is 2.89. The Labute approximate surface area is 137 Å². The summed E-state index contributed by atoms with van der Waals surface area (Å²) in [5, 5.41) is 18.5. The lowest BCUT2D eigenvalue weighted by Gasteiger charge is -2.23. The fraction of sp³-hybridized carbons (Fsp3) is 0.333. The Hall–Kier alpha value is -2.41. The van der Waals surface area contributed by atoms with Crippen LogP contribution >= 0.6 is 11.6 Å². The number of nitrogens with one attached hydrogen (secondary N) is 1. The van der Waals surface area contributed by atoms with E-state index in [-0.39, 0.29) is 22.3 Å². The molecule has 0 spiro atoms. The molecular weight excluding hydrogens is 320 g/mol. The molecule has 0 fully saturated rings. The van der Waals surface area contributed by atoms with Crippen molar-refractivity contribution in [3.63, 3.8) is 0 Å². The van der Waals surface area contributed by atoms with Gasteiger partial charge in [0.25, 0.3) is 11.6 Å². The molecule has 1 N–H and O–H groups in total. The van der Waals surface area contributed by atoms with E-state index < -0.39 is 10.8 Å². The van der Waals surface area contributed by atoms with E-state index in [4.69, 9.17) is 11.6 Å². The Morgan fingerprint density at radius 2 is 2.30 bits per heavy atom. The molecule has 1 aromatic carbocycles. The fourth-order valence-electron chi connectivity index (χ4n) is 2.94. The smallest absolute Gasteiger partial charge is 0.283 e. The molecule has 1 unspecified atom stereocenters. The minimum absolute atomic E-state index is 0.00964. The highest BCUT2D eigenvalue weighted by Crippen LogP contribution is 2.30. The molecule has 3 rings (SSSR count). The van der Waals surface area contributed by atoms with Crippen LogP contribution in [0.15, 0.2) is 24.4 Å². The van der Waals surface area contributed by atoms with Crippen LogP contribution in [0.4, 0.5) is 5.69 Å². The van der Waals surface area contributed by atoms with Crippen molar-refractivity contribution in [2.24, 2.45) is 7.05 Å². The summed E-state index contributed by atoms with van der Waals surface area (Å²) in [5.74, 6) is -0.477. The van der Waals surface area contributed by atoms with Crippen LogP contribution in [0.1, 0.15) is 40.5 Å². The number of nitro benzene ring substituents is 1. The summed E-state index contributed by atoms with van der Waals surface area (Å²) < 4.78 is 1.80. The third-order valence-corrected chi connectivity index (χ3v) is 4.32. The zero-order chi connectivity index (χ0) is 16.6. The Morgan fingerprint density at radius 3 is 3.04 bits per heavy atom. The van der Waals surface area contributed by atoms with Crippen molar-refractivity contribution in [1.29, 1.82) is 0 Å². The van der Waals surface area contributed by atoms with Gasteiger partial charge in [-0.1, -0.05) is 11.6 Å². The highest BCUT2D eigenvalue weighted by atomic mass is 35.5. The van der Waals surface area contributed by atoms with E-state index in [9.17, 15) is 14.9 Å². The van der Waals surface area contributed by atoms with Gasteiger partial charge in [-0.15, -0.1) is 0 Å². The van der Waals surface area contributed by atoms with E-state index in [0.717, 1.165) is 30.5 Å². The number of aryl methyl sites for hydroxylation is 1. The number of carbonyl (C=O) groups is 1. The molecule has 1 aliphatic carbocycles. The number of hydrogen-bond donors (Lipinski definition) is 1. The van der Waals surface area contributed by atoms with Gasteiger partial charge in [-0.25, -0.2) is 0 Å². The molecule has 0 saturated heterocycles. The van der Waals surface area contributed by atoms with Gasteiger partial charge < -0.3 is 5.32 Å². The second kappa shape index (κ2) is 6.00. The summed E-state index contributed by atoms with van der Waals surface area (Å²) in [4.78, 5) is 23.0. The number of nitrogens with zero attached hydrogens (tertiary/aromatic N) is 3. The van der Waals surface area contributed by atoms with E-state index in [1.807, 2.05) is 7.05 Å². The second-order valence-corrected chi connectivity index (χ2v) is 5.94. The van der Waals surface area contributed by atoms with Gasteiger partial charge in [-0.3, -0.25) is 19.6 Å². The first kappa shape index (κ1) is 15.5. The van der Waals surface area contributed by atoms with E-state index >= 15 is 0 Å². The summed E-state index contributed by atoms with van der Waals surface area (Å²) in [6.45, 7) is 0. The van der Waals surface area contributed by atoms with Gasteiger partial charge in [0.15, 0.2) is 0 Å². The SMILES string of the molecule is Cn1ncc2c1CCCC2NC(=O)c1ccc(Cl)cc1[N+](=O)[O-]. The van der Waals surface area contributed by atoms with E-state index in [2.05, 4.69) is 10.4 Å².